The van der Waals surface area contributed by atoms with Gasteiger partial charge in [-0.05, 0) is 31.1 Å². The maximum atomic E-state index is 12.5. The molecule has 0 spiro atoms. The lowest BCUT2D eigenvalue weighted by Crippen LogP contribution is -2.40. The number of rotatable bonds is 5. The fraction of sp³-hybridized carbons (Fsp3) is 0.385. The molecule has 1 fully saturated rings. The number of nitrogens with zero attached hydrogens (tertiary/aromatic N) is 1. The van der Waals surface area contributed by atoms with Crippen molar-refractivity contribution in [3.05, 3.63) is 28.0 Å². The molecule has 2 rings (SSSR count). The third-order valence-electron chi connectivity index (χ3n) is 2.83. The van der Waals surface area contributed by atoms with Gasteiger partial charge in [-0.3, -0.25) is 4.79 Å². The Balaban J connectivity index is 2.12. The number of alkyl halides is 3. The summed E-state index contributed by atoms with van der Waals surface area (Å²) in [4.78, 5) is 24.1. The predicted molar refractivity (Wildman–Crippen MR) is 71.1 cm³/mol. The van der Waals surface area contributed by atoms with E-state index in [4.69, 9.17) is 5.11 Å². The Morgan fingerprint density at radius 1 is 1.38 bits per heavy atom. The van der Waals surface area contributed by atoms with E-state index >= 15 is 0 Å². The number of hydrogen-bond acceptors (Lipinski definition) is 3. The Hall–Kier alpha value is -1.83. The number of thiophene rings is 1. The van der Waals surface area contributed by atoms with Crippen molar-refractivity contribution in [3.8, 4) is 0 Å². The Bertz CT molecular complexity index is 575. The molecule has 0 aliphatic heterocycles. The van der Waals surface area contributed by atoms with Crippen LogP contribution >= 0.6 is 11.3 Å². The lowest BCUT2D eigenvalue weighted by atomic mass is 10.3. The van der Waals surface area contributed by atoms with E-state index in [0.717, 1.165) is 22.3 Å². The number of halogens is 3. The highest BCUT2D eigenvalue weighted by Crippen LogP contribution is 2.32. The van der Waals surface area contributed by atoms with Crippen LogP contribution in [0.2, 0.25) is 0 Å². The number of hydrogen-bond donors (Lipinski definition) is 1. The second kappa shape index (κ2) is 5.88. The van der Waals surface area contributed by atoms with Crippen LogP contribution in [0.5, 0.6) is 0 Å². The molecule has 114 valence electrons. The van der Waals surface area contributed by atoms with E-state index in [1.54, 1.807) is 0 Å². The SMILES string of the molecule is O=C(O)C=Cc1ccc(C(=O)N(CC(F)(F)F)C2CC2)s1. The van der Waals surface area contributed by atoms with Gasteiger partial charge in [-0.1, -0.05) is 0 Å². The molecule has 0 bridgehead atoms. The number of carbonyl (C=O) groups excluding carboxylic acids is 1. The highest BCUT2D eigenvalue weighted by molar-refractivity contribution is 7.14. The summed E-state index contributed by atoms with van der Waals surface area (Å²) in [6, 6.07) is 2.58. The molecule has 0 atom stereocenters. The molecule has 0 unspecified atom stereocenters. The molecule has 1 amide bonds. The van der Waals surface area contributed by atoms with Crippen LogP contribution in [0.3, 0.4) is 0 Å². The van der Waals surface area contributed by atoms with Crippen molar-refractivity contribution in [2.75, 3.05) is 6.54 Å². The van der Waals surface area contributed by atoms with E-state index in [2.05, 4.69) is 0 Å². The summed E-state index contributed by atoms with van der Waals surface area (Å²) in [5.41, 5.74) is 0. The van der Waals surface area contributed by atoms with Gasteiger partial charge in [0.05, 0.1) is 4.88 Å². The molecule has 21 heavy (non-hydrogen) atoms. The summed E-state index contributed by atoms with van der Waals surface area (Å²) in [6.45, 7) is -1.26. The van der Waals surface area contributed by atoms with Gasteiger partial charge in [0.15, 0.2) is 0 Å². The molecule has 1 heterocycles. The topological polar surface area (TPSA) is 57.6 Å². The molecule has 0 aromatic carbocycles. The van der Waals surface area contributed by atoms with Gasteiger partial charge in [0.2, 0.25) is 0 Å². The van der Waals surface area contributed by atoms with Gasteiger partial charge in [-0.15, -0.1) is 11.3 Å². The molecule has 8 heteroatoms. The molecule has 0 saturated heterocycles. The third-order valence-corrected chi connectivity index (χ3v) is 3.86. The second-order valence-electron chi connectivity index (χ2n) is 4.65. The van der Waals surface area contributed by atoms with E-state index in [-0.39, 0.29) is 10.9 Å². The number of carbonyl (C=O) groups is 2. The van der Waals surface area contributed by atoms with E-state index in [9.17, 15) is 22.8 Å². The first-order valence-electron chi connectivity index (χ1n) is 6.15. The number of carboxylic acids is 1. The molecule has 1 saturated carbocycles. The molecular formula is C13H12F3NO3S. The first kappa shape index (κ1) is 15.6. The fourth-order valence-corrected chi connectivity index (χ4v) is 2.67. The van der Waals surface area contributed by atoms with Gasteiger partial charge in [-0.2, -0.15) is 13.2 Å². The fourth-order valence-electron chi connectivity index (χ4n) is 1.80. The van der Waals surface area contributed by atoms with E-state index in [1.165, 1.54) is 18.2 Å². The van der Waals surface area contributed by atoms with Crippen molar-refractivity contribution < 1.29 is 27.9 Å². The van der Waals surface area contributed by atoms with Crippen molar-refractivity contribution in [1.29, 1.82) is 0 Å². The molecule has 0 radical (unpaired) electrons. The lowest BCUT2D eigenvalue weighted by Gasteiger charge is -2.23. The van der Waals surface area contributed by atoms with Crippen molar-refractivity contribution in [2.24, 2.45) is 0 Å². The van der Waals surface area contributed by atoms with Gasteiger partial charge in [-0.25, -0.2) is 4.79 Å². The smallest absolute Gasteiger partial charge is 0.406 e. The van der Waals surface area contributed by atoms with Crippen LogP contribution in [0, 0.1) is 0 Å². The first-order chi connectivity index (χ1) is 9.76. The average molecular weight is 319 g/mol. The van der Waals surface area contributed by atoms with Crippen molar-refractivity contribution in [2.45, 2.75) is 25.1 Å². The summed E-state index contributed by atoms with van der Waals surface area (Å²) in [6.07, 6.45) is -1.05. The highest BCUT2D eigenvalue weighted by atomic mass is 32.1. The summed E-state index contributed by atoms with van der Waals surface area (Å²) in [5, 5.41) is 8.51. The van der Waals surface area contributed by atoms with Crippen LogP contribution in [0.15, 0.2) is 18.2 Å². The predicted octanol–water partition coefficient (Wildman–Crippen LogP) is 3.01. The van der Waals surface area contributed by atoms with E-state index in [1.807, 2.05) is 0 Å². The Morgan fingerprint density at radius 2 is 2.05 bits per heavy atom. The maximum absolute atomic E-state index is 12.5. The Morgan fingerprint density at radius 3 is 2.57 bits per heavy atom. The highest BCUT2D eigenvalue weighted by Gasteiger charge is 2.41. The summed E-state index contributed by atoms with van der Waals surface area (Å²) in [5.74, 6) is -1.79. The molecule has 1 N–H and O–H groups in total. The average Bonchev–Trinajstić information content (AvgIpc) is 3.10. The molecule has 1 aromatic rings. The molecule has 1 aromatic heterocycles. The largest absolute Gasteiger partial charge is 0.478 e. The second-order valence-corrected chi connectivity index (χ2v) is 5.77. The molecule has 1 aliphatic rings. The minimum atomic E-state index is -4.43. The molecule has 4 nitrogen and oxygen atoms in total. The van der Waals surface area contributed by atoms with Crippen molar-refractivity contribution >= 4 is 29.3 Å². The zero-order valence-corrected chi connectivity index (χ0v) is 11.6. The number of amides is 1. The summed E-state index contributed by atoms with van der Waals surface area (Å²) >= 11 is 0.974. The lowest BCUT2D eigenvalue weighted by molar-refractivity contribution is -0.141. The van der Waals surface area contributed by atoms with Crippen LogP contribution in [0.1, 0.15) is 27.4 Å². The standard InChI is InChI=1S/C13H12F3NO3S/c14-13(15,16)7-17(8-1-2-8)12(20)10-5-3-9(21-10)4-6-11(18)19/h3-6,8H,1-2,7H2,(H,18,19). The van der Waals surface area contributed by atoms with Crippen LogP contribution in [0.25, 0.3) is 6.08 Å². The van der Waals surface area contributed by atoms with Crippen LogP contribution in [-0.4, -0.2) is 40.6 Å². The maximum Gasteiger partial charge on any atom is 0.406 e. The third kappa shape index (κ3) is 4.59. The van der Waals surface area contributed by atoms with Crippen molar-refractivity contribution in [3.63, 3.8) is 0 Å². The van der Waals surface area contributed by atoms with Crippen LogP contribution in [-0.2, 0) is 4.79 Å². The number of carboxylic acid groups (broad SMARTS) is 1. The van der Waals surface area contributed by atoms with Gasteiger partial charge in [0.1, 0.15) is 6.54 Å². The van der Waals surface area contributed by atoms with E-state index in [0.29, 0.717) is 17.7 Å². The summed E-state index contributed by atoms with van der Waals surface area (Å²) in [7, 11) is 0. The van der Waals surface area contributed by atoms with Gasteiger partial charge in [0, 0.05) is 17.0 Å². The zero-order valence-electron chi connectivity index (χ0n) is 10.8. The van der Waals surface area contributed by atoms with Crippen LogP contribution in [0.4, 0.5) is 13.2 Å². The minimum absolute atomic E-state index is 0.177. The number of aliphatic carboxylic acids is 1. The quantitative estimate of drug-likeness (QED) is 0.849. The minimum Gasteiger partial charge on any atom is -0.478 e. The van der Waals surface area contributed by atoms with Gasteiger partial charge >= 0.3 is 12.1 Å². The van der Waals surface area contributed by atoms with Gasteiger partial charge < -0.3 is 10.0 Å². The van der Waals surface area contributed by atoms with Crippen molar-refractivity contribution in [1.82, 2.24) is 4.90 Å². The Labute approximate surface area is 122 Å². The summed E-state index contributed by atoms with van der Waals surface area (Å²) < 4.78 is 37.6. The monoisotopic (exact) mass is 319 g/mol. The molecule has 1 aliphatic carbocycles. The zero-order chi connectivity index (χ0) is 15.6. The first-order valence-corrected chi connectivity index (χ1v) is 6.96. The normalized spacial score (nSPS) is 15.4. The van der Waals surface area contributed by atoms with E-state index < -0.39 is 24.6 Å². The Kier molecular flexibility index (Phi) is 4.36. The van der Waals surface area contributed by atoms with Gasteiger partial charge in [0.25, 0.3) is 5.91 Å². The molecular weight excluding hydrogens is 307 g/mol. The van der Waals surface area contributed by atoms with Crippen LogP contribution < -0.4 is 0 Å².